The Bertz CT molecular complexity index is 641. The second-order valence-electron chi connectivity index (χ2n) is 6.19. The number of carbonyl (C=O) groups excluding carboxylic acids is 2. The number of rotatable bonds is 12. The van der Waals surface area contributed by atoms with E-state index < -0.39 is 33.4 Å². The van der Waals surface area contributed by atoms with Gasteiger partial charge in [0.05, 0.1) is 0 Å². The van der Waals surface area contributed by atoms with Gasteiger partial charge < -0.3 is 14.6 Å². The molecule has 29 heavy (non-hydrogen) atoms. The summed E-state index contributed by atoms with van der Waals surface area (Å²) in [7, 11) is -3.66. The fourth-order valence-corrected chi connectivity index (χ4v) is 3.53. The van der Waals surface area contributed by atoms with Crippen molar-refractivity contribution in [3.05, 3.63) is 24.3 Å². The van der Waals surface area contributed by atoms with Crippen LogP contribution in [0.1, 0.15) is 40.0 Å². The molecule has 0 aliphatic rings. The number of hydrogen-bond acceptors (Lipinski definition) is 7. The number of carboxylic acid groups (broad SMARTS) is 1. The van der Waals surface area contributed by atoms with Crippen molar-refractivity contribution < 1.29 is 41.9 Å². The van der Waals surface area contributed by atoms with Gasteiger partial charge in [0.1, 0.15) is 18.6 Å². The zero-order valence-electron chi connectivity index (χ0n) is 17.4. The molecule has 0 saturated carbocycles. The molecule has 2 N–H and O–H groups in total. The molecule has 0 heterocycles. The second-order valence-corrected chi connectivity index (χ2v) is 8.76. The van der Waals surface area contributed by atoms with Crippen LogP contribution in [-0.2, 0) is 34.0 Å². The molecule has 0 aromatic rings. The third kappa shape index (κ3) is 16.3. The van der Waals surface area contributed by atoms with E-state index in [1.807, 2.05) is 0 Å². The maximum absolute atomic E-state index is 11.5. The van der Waals surface area contributed by atoms with Gasteiger partial charge >= 0.3 is 84.8 Å². The number of esters is 2. The van der Waals surface area contributed by atoms with Gasteiger partial charge in [0, 0.05) is 12.2 Å². The first-order valence-electron chi connectivity index (χ1n) is 9.25. The zero-order chi connectivity index (χ0) is 22.9. The Morgan fingerprint density at radius 3 is 1.72 bits per heavy atom. The van der Waals surface area contributed by atoms with Crippen molar-refractivity contribution in [3.63, 3.8) is 0 Å². The Morgan fingerprint density at radius 1 is 1.03 bits per heavy atom. The van der Waals surface area contributed by atoms with Crippen LogP contribution in [-0.4, -0.2) is 82.9 Å². The van der Waals surface area contributed by atoms with E-state index in [0.29, 0.717) is 12.8 Å². The molecule has 0 atom stereocenters. The SMILES string of the molecule is CC=CC(=O)OCC(CCC)(COC(=O)C=CC)C(=O)O.O=S(=O)(O)CC[CH2][Na]. The molecule has 0 saturated heterocycles. The summed E-state index contributed by atoms with van der Waals surface area (Å²) in [6.07, 6.45) is 6.77. The van der Waals surface area contributed by atoms with E-state index in [2.05, 4.69) is 0 Å². The van der Waals surface area contributed by atoms with Crippen molar-refractivity contribution in [2.45, 2.75) is 43.7 Å². The van der Waals surface area contributed by atoms with E-state index >= 15 is 0 Å². The van der Waals surface area contributed by atoms with Crippen molar-refractivity contribution in [2.24, 2.45) is 5.41 Å². The molecule has 11 heteroatoms. The molecule has 0 radical (unpaired) electrons. The average Bonchev–Trinajstić information content (AvgIpc) is 2.62. The molecular weight excluding hydrogens is 415 g/mol. The van der Waals surface area contributed by atoms with E-state index in [-0.39, 0.29) is 25.4 Å². The van der Waals surface area contributed by atoms with Crippen LogP contribution in [0.25, 0.3) is 0 Å². The predicted molar refractivity (Wildman–Crippen MR) is 108 cm³/mol. The monoisotopic (exact) mass is 444 g/mol. The molecule has 162 valence electrons. The van der Waals surface area contributed by atoms with Crippen LogP contribution in [0.4, 0.5) is 0 Å². The summed E-state index contributed by atoms with van der Waals surface area (Å²) < 4.78 is 38.9. The Hall–Kier alpha value is -1.20. The van der Waals surface area contributed by atoms with Crippen molar-refractivity contribution in [3.8, 4) is 0 Å². The first-order chi connectivity index (χ1) is 13.5. The van der Waals surface area contributed by atoms with Crippen LogP contribution < -0.4 is 0 Å². The van der Waals surface area contributed by atoms with Gasteiger partial charge in [-0.2, -0.15) is 0 Å². The van der Waals surface area contributed by atoms with E-state index in [9.17, 15) is 27.9 Å². The molecule has 0 amide bonds. The van der Waals surface area contributed by atoms with Crippen molar-refractivity contribution in [2.75, 3.05) is 19.0 Å². The first-order valence-corrected chi connectivity index (χ1v) is 12.3. The molecule has 0 spiro atoms. The molecular formula is C18H29NaO9S. The Kier molecular flexibility index (Phi) is 17.2. The van der Waals surface area contributed by atoms with Gasteiger partial charge in [0.2, 0.25) is 0 Å². The minimum atomic E-state index is -3.66. The second kappa shape index (κ2) is 16.6. The molecule has 0 rings (SSSR count). The molecule has 0 aromatic carbocycles. The topological polar surface area (TPSA) is 144 Å². The third-order valence-corrected chi connectivity index (χ3v) is 5.04. The summed E-state index contributed by atoms with van der Waals surface area (Å²) in [4.78, 5) is 34.2. The normalized spacial score (nSPS) is 13.4. The van der Waals surface area contributed by atoms with E-state index in [0.717, 1.165) is 31.6 Å². The maximum atomic E-state index is 11.5. The number of carbonyl (C=O) groups is 3. The van der Waals surface area contributed by atoms with Crippen molar-refractivity contribution >= 4 is 56.0 Å². The number of allylic oxidation sites excluding steroid dienone is 2. The van der Waals surface area contributed by atoms with E-state index in [4.69, 9.17) is 14.0 Å². The minimum absolute atomic E-state index is 0.0729. The third-order valence-electron chi connectivity index (χ3n) is 3.53. The van der Waals surface area contributed by atoms with Crippen LogP contribution >= 0.6 is 0 Å². The Morgan fingerprint density at radius 2 is 1.48 bits per heavy atom. The summed E-state index contributed by atoms with van der Waals surface area (Å²) in [6, 6.07) is 0. The molecule has 9 nitrogen and oxygen atoms in total. The Balaban J connectivity index is 0. The molecule has 0 aliphatic carbocycles. The zero-order valence-corrected chi connectivity index (χ0v) is 20.2. The summed E-state index contributed by atoms with van der Waals surface area (Å²) in [5, 5.41) is 9.42. The molecule has 0 unspecified atom stereocenters. The van der Waals surface area contributed by atoms with Crippen LogP contribution in [0.3, 0.4) is 0 Å². The summed E-state index contributed by atoms with van der Waals surface area (Å²) in [6.45, 7) is 4.41. The summed E-state index contributed by atoms with van der Waals surface area (Å²) in [5.41, 5.74) is -1.43. The van der Waals surface area contributed by atoms with Gasteiger partial charge in [-0.3, -0.25) is 4.79 Å². The van der Waals surface area contributed by atoms with Gasteiger partial charge in [0.15, 0.2) is 0 Å². The van der Waals surface area contributed by atoms with Gasteiger partial charge in [-0.05, 0) is 20.3 Å². The fraction of sp³-hybridized carbons (Fsp3) is 0.611. The van der Waals surface area contributed by atoms with Gasteiger partial charge in [-0.25, -0.2) is 9.59 Å². The molecule has 0 aliphatic heterocycles. The first kappa shape index (κ1) is 30.0. The van der Waals surface area contributed by atoms with Gasteiger partial charge in [-0.1, -0.05) is 25.5 Å². The standard InChI is InChI=1S/C15H22O6.C3H7O3S.Na/c1-4-7-12(16)20-10-15(9-6-3,14(18)19)11-21-13(17)8-5-2;1-2-3-7(4,5)6;/h4-5,7-8H,6,9-11H2,1-3H3,(H,18,19);1-3H2,(H,4,5,6);. The predicted octanol–water partition coefficient (Wildman–Crippen LogP) is 1.95. The quantitative estimate of drug-likeness (QED) is 0.200. The fourth-order valence-electron chi connectivity index (χ4n) is 2.01. The van der Waals surface area contributed by atoms with Crippen LogP contribution in [0, 0.1) is 5.41 Å². The number of ether oxygens (including phenoxy) is 2. The Labute approximate surface area is 189 Å². The molecule has 0 fully saturated rings. The average molecular weight is 444 g/mol. The summed E-state index contributed by atoms with van der Waals surface area (Å²) >= 11 is 1.01. The van der Waals surface area contributed by atoms with E-state index in [1.165, 1.54) is 24.3 Å². The number of hydrogen-bond donors (Lipinski definition) is 2. The number of aliphatic carboxylic acids is 1. The van der Waals surface area contributed by atoms with Gasteiger partial charge in [0.25, 0.3) is 0 Å². The van der Waals surface area contributed by atoms with Gasteiger partial charge in [-0.15, -0.1) is 0 Å². The van der Waals surface area contributed by atoms with Crippen LogP contribution in [0.15, 0.2) is 24.3 Å². The molecule has 0 bridgehead atoms. The van der Waals surface area contributed by atoms with E-state index in [1.54, 1.807) is 20.8 Å². The number of carboxylic acids is 1. The van der Waals surface area contributed by atoms with Crippen molar-refractivity contribution in [1.82, 2.24) is 0 Å². The summed E-state index contributed by atoms with van der Waals surface area (Å²) in [5.74, 6) is -2.49. The van der Waals surface area contributed by atoms with Crippen LogP contribution in [0.2, 0.25) is 3.67 Å². The van der Waals surface area contributed by atoms with Crippen LogP contribution in [0.5, 0.6) is 0 Å². The molecule has 0 aromatic heterocycles. The van der Waals surface area contributed by atoms with Crippen molar-refractivity contribution in [1.29, 1.82) is 0 Å².